The van der Waals surface area contributed by atoms with Crippen LogP contribution in [-0.4, -0.2) is 63.1 Å². The summed E-state index contributed by atoms with van der Waals surface area (Å²) < 4.78 is 50.2. The fraction of sp³-hybridized carbons (Fsp3) is 1.00. The molecule has 0 amide bonds. The third kappa shape index (κ3) is 4.14. The lowest BCUT2D eigenvalue weighted by molar-refractivity contribution is 0.335. The van der Waals surface area contributed by atoms with Gasteiger partial charge < -0.3 is 0 Å². The molecule has 114 valence electrons. The summed E-state index contributed by atoms with van der Waals surface area (Å²) in [5.41, 5.74) is 0. The molecule has 0 aromatic rings. The molecule has 0 radical (unpaired) electrons. The van der Waals surface area contributed by atoms with E-state index in [1.807, 2.05) is 0 Å². The van der Waals surface area contributed by atoms with Crippen molar-refractivity contribution in [2.24, 2.45) is 0 Å². The molecule has 0 aromatic carbocycles. The number of nitrogens with zero attached hydrogens (tertiary/aromatic N) is 2. The van der Waals surface area contributed by atoms with Gasteiger partial charge in [-0.2, -0.15) is 0 Å². The summed E-state index contributed by atoms with van der Waals surface area (Å²) in [5, 5.41) is 0. The Morgan fingerprint density at radius 1 is 1.05 bits per heavy atom. The molecule has 0 N–H and O–H groups in total. The first kappa shape index (κ1) is 16.9. The first-order valence-corrected chi connectivity index (χ1v) is 9.90. The zero-order valence-corrected chi connectivity index (χ0v) is 13.5. The molecule has 1 aliphatic rings. The lowest BCUT2D eigenvalue weighted by atomic mass is 10.1. The van der Waals surface area contributed by atoms with Crippen LogP contribution in [0.25, 0.3) is 0 Å². The Balaban J connectivity index is 2.75. The highest BCUT2D eigenvalue weighted by atomic mass is 32.2. The molecule has 1 saturated heterocycles. The molecule has 1 fully saturated rings. The van der Waals surface area contributed by atoms with Crippen molar-refractivity contribution in [3.63, 3.8) is 0 Å². The van der Waals surface area contributed by atoms with E-state index in [-0.39, 0.29) is 17.5 Å². The summed E-state index contributed by atoms with van der Waals surface area (Å²) in [6.45, 7) is 4.15. The van der Waals surface area contributed by atoms with Gasteiger partial charge in [-0.3, -0.25) is 0 Å². The van der Waals surface area contributed by atoms with Crippen molar-refractivity contribution in [3.8, 4) is 0 Å². The minimum absolute atomic E-state index is 0.0803. The van der Waals surface area contributed by atoms with Gasteiger partial charge in [-0.1, -0.05) is 0 Å². The lowest BCUT2D eigenvalue weighted by Gasteiger charge is -2.26. The third-order valence-electron chi connectivity index (χ3n) is 3.73. The van der Waals surface area contributed by atoms with Crippen molar-refractivity contribution in [1.29, 1.82) is 0 Å². The average Bonchev–Trinajstić information content (AvgIpc) is 2.63. The van der Waals surface area contributed by atoms with E-state index in [0.717, 1.165) is 0 Å². The Kier molecular flexibility index (Phi) is 5.78. The fourth-order valence-corrected chi connectivity index (χ4v) is 4.54. The van der Waals surface area contributed by atoms with Gasteiger partial charge in [0.15, 0.2) is 0 Å². The summed E-state index contributed by atoms with van der Waals surface area (Å²) in [4.78, 5) is 0. The molecule has 0 spiro atoms. The maximum absolute atomic E-state index is 11.8. The number of hydrogen-bond acceptors (Lipinski definition) is 4. The lowest BCUT2D eigenvalue weighted by Crippen LogP contribution is -2.39. The van der Waals surface area contributed by atoms with E-state index in [1.54, 1.807) is 20.9 Å². The van der Waals surface area contributed by atoms with E-state index in [4.69, 9.17) is 0 Å². The standard InChI is InChI=1S/C11H24N2O4S2/c1-4-18(14,15)12(3)11-7-6-9-13(10-8-11)19(16,17)5-2/h11H,4-10H2,1-3H3/t11-/m0/s1. The topological polar surface area (TPSA) is 74.8 Å². The predicted octanol–water partition coefficient (Wildman–Crippen LogP) is 0.472. The maximum Gasteiger partial charge on any atom is 0.213 e. The van der Waals surface area contributed by atoms with Crippen LogP contribution in [0.15, 0.2) is 0 Å². The fourth-order valence-electron chi connectivity index (χ4n) is 2.31. The van der Waals surface area contributed by atoms with Gasteiger partial charge in [0.1, 0.15) is 0 Å². The van der Waals surface area contributed by atoms with Crippen molar-refractivity contribution in [2.75, 3.05) is 31.6 Å². The van der Waals surface area contributed by atoms with Gasteiger partial charge in [0, 0.05) is 26.2 Å². The molecular formula is C11H24N2O4S2. The number of rotatable bonds is 5. The summed E-state index contributed by atoms with van der Waals surface area (Å²) in [7, 11) is -4.79. The zero-order chi connectivity index (χ0) is 14.7. The molecule has 8 heteroatoms. The van der Waals surface area contributed by atoms with Crippen LogP contribution in [0.5, 0.6) is 0 Å². The van der Waals surface area contributed by atoms with E-state index in [1.165, 1.54) is 8.61 Å². The van der Waals surface area contributed by atoms with E-state index in [9.17, 15) is 16.8 Å². The molecule has 0 aromatic heterocycles. The van der Waals surface area contributed by atoms with Gasteiger partial charge in [-0.05, 0) is 33.1 Å². The minimum Gasteiger partial charge on any atom is -0.212 e. The summed E-state index contributed by atoms with van der Waals surface area (Å²) in [6, 6.07) is -0.0954. The Morgan fingerprint density at radius 2 is 1.68 bits per heavy atom. The molecule has 0 unspecified atom stereocenters. The first-order chi connectivity index (χ1) is 8.74. The zero-order valence-electron chi connectivity index (χ0n) is 11.9. The van der Waals surface area contributed by atoms with Crippen LogP contribution in [0, 0.1) is 0 Å². The summed E-state index contributed by atoms with van der Waals surface area (Å²) in [6.07, 6.45) is 1.98. The molecule has 19 heavy (non-hydrogen) atoms. The second-order valence-corrected chi connectivity index (χ2v) is 9.38. The Morgan fingerprint density at radius 3 is 2.21 bits per heavy atom. The van der Waals surface area contributed by atoms with E-state index < -0.39 is 20.0 Å². The minimum atomic E-state index is -3.21. The van der Waals surface area contributed by atoms with E-state index in [2.05, 4.69) is 0 Å². The van der Waals surface area contributed by atoms with Crippen LogP contribution < -0.4 is 0 Å². The van der Waals surface area contributed by atoms with Crippen LogP contribution in [0.1, 0.15) is 33.1 Å². The van der Waals surface area contributed by atoms with E-state index in [0.29, 0.717) is 32.4 Å². The van der Waals surface area contributed by atoms with Gasteiger partial charge in [0.2, 0.25) is 20.0 Å². The van der Waals surface area contributed by atoms with Crippen molar-refractivity contribution in [1.82, 2.24) is 8.61 Å². The Labute approximate surface area is 116 Å². The van der Waals surface area contributed by atoms with Gasteiger partial charge in [0.25, 0.3) is 0 Å². The number of hydrogen-bond donors (Lipinski definition) is 0. The van der Waals surface area contributed by atoms with Crippen LogP contribution >= 0.6 is 0 Å². The maximum atomic E-state index is 11.8. The second kappa shape index (κ2) is 6.51. The molecule has 1 atom stereocenters. The van der Waals surface area contributed by atoms with Crippen molar-refractivity contribution in [3.05, 3.63) is 0 Å². The molecule has 1 aliphatic heterocycles. The normalized spacial score (nSPS) is 23.5. The van der Waals surface area contributed by atoms with Gasteiger partial charge >= 0.3 is 0 Å². The quantitative estimate of drug-likeness (QED) is 0.740. The van der Waals surface area contributed by atoms with Crippen LogP contribution in [0.4, 0.5) is 0 Å². The van der Waals surface area contributed by atoms with Crippen LogP contribution in [-0.2, 0) is 20.0 Å². The number of sulfonamides is 2. The van der Waals surface area contributed by atoms with E-state index >= 15 is 0 Å². The van der Waals surface area contributed by atoms with Crippen molar-refractivity contribution in [2.45, 2.75) is 39.2 Å². The molecule has 1 heterocycles. The van der Waals surface area contributed by atoms with Crippen LogP contribution in [0.2, 0.25) is 0 Å². The van der Waals surface area contributed by atoms with Gasteiger partial charge in [-0.25, -0.2) is 25.4 Å². The molecule has 6 nitrogen and oxygen atoms in total. The molecule has 0 bridgehead atoms. The second-order valence-electron chi connectivity index (χ2n) is 4.80. The molecule has 0 aliphatic carbocycles. The highest BCUT2D eigenvalue weighted by Crippen LogP contribution is 2.20. The Bertz CT molecular complexity index is 487. The van der Waals surface area contributed by atoms with Gasteiger partial charge in [-0.15, -0.1) is 0 Å². The summed E-state index contributed by atoms with van der Waals surface area (Å²) >= 11 is 0. The highest BCUT2D eigenvalue weighted by molar-refractivity contribution is 7.89. The third-order valence-corrected chi connectivity index (χ3v) is 7.52. The molecule has 0 saturated carbocycles. The monoisotopic (exact) mass is 312 g/mol. The largest absolute Gasteiger partial charge is 0.213 e. The predicted molar refractivity (Wildman–Crippen MR) is 75.9 cm³/mol. The van der Waals surface area contributed by atoms with Crippen molar-refractivity contribution >= 4 is 20.0 Å². The molecule has 1 rings (SSSR count). The average molecular weight is 312 g/mol. The summed E-state index contributed by atoms with van der Waals surface area (Å²) in [5.74, 6) is 0.178. The molecular weight excluding hydrogens is 288 g/mol. The van der Waals surface area contributed by atoms with Gasteiger partial charge in [0.05, 0.1) is 11.5 Å². The van der Waals surface area contributed by atoms with Crippen molar-refractivity contribution < 1.29 is 16.8 Å². The first-order valence-electron chi connectivity index (χ1n) is 6.68. The smallest absolute Gasteiger partial charge is 0.212 e. The van der Waals surface area contributed by atoms with Crippen LogP contribution in [0.3, 0.4) is 0 Å². The Hall–Kier alpha value is -0.180. The highest BCUT2D eigenvalue weighted by Gasteiger charge is 2.30. The SMILES string of the molecule is CCS(=O)(=O)N1CCC[C@H](N(C)S(=O)(=O)CC)CC1.